The van der Waals surface area contributed by atoms with Crippen molar-refractivity contribution in [2.75, 3.05) is 11.5 Å². The number of imidazole rings is 1. The van der Waals surface area contributed by atoms with Crippen LogP contribution in [-0.2, 0) is 0 Å². The molecule has 0 bridgehead atoms. The van der Waals surface area contributed by atoms with Gasteiger partial charge in [0, 0.05) is 35.1 Å². The average molecular weight is 370 g/mol. The second-order valence-corrected chi connectivity index (χ2v) is 6.47. The zero-order chi connectivity index (χ0) is 19.3. The Morgan fingerprint density at radius 3 is 2.64 bits per heavy atom. The van der Waals surface area contributed by atoms with Crippen LogP contribution < -0.4 is 11.5 Å². The van der Waals surface area contributed by atoms with Crippen LogP contribution in [0.2, 0.25) is 0 Å². The number of nitrogens with zero attached hydrogens (tertiary/aromatic N) is 4. The summed E-state index contributed by atoms with van der Waals surface area (Å²) in [5.74, 6) is -0.0831. The van der Waals surface area contributed by atoms with Crippen LogP contribution in [0.15, 0.2) is 67.1 Å². The van der Waals surface area contributed by atoms with E-state index in [1.165, 1.54) is 12.1 Å². The van der Waals surface area contributed by atoms with E-state index in [1.54, 1.807) is 30.7 Å². The maximum Gasteiger partial charge on any atom is 0.180 e. The standard InChI is InChI=1S/C21H15FN6/c22-15-5-1-3-13(10-15)18-19(28-8-7-26-21(28)20(24)27-18)14-9-12-4-2-6-25-17(12)16(23)11-14/h1-11H,23H2,(H2,24,27). The minimum Gasteiger partial charge on any atom is -0.397 e. The van der Waals surface area contributed by atoms with Crippen molar-refractivity contribution in [3.05, 3.63) is 72.9 Å². The number of hydrogen-bond acceptors (Lipinski definition) is 5. The van der Waals surface area contributed by atoms with Gasteiger partial charge in [0.15, 0.2) is 11.5 Å². The Bertz CT molecular complexity index is 1360. The Hall–Kier alpha value is -4.00. The molecule has 0 aliphatic rings. The maximum atomic E-state index is 13.9. The summed E-state index contributed by atoms with van der Waals surface area (Å²) in [6.07, 6.45) is 5.16. The number of fused-ring (bicyclic) bond motifs is 2. The molecule has 5 rings (SSSR count). The number of hydrogen-bond donors (Lipinski definition) is 2. The van der Waals surface area contributed by atoms with Crippen LogP contribution >= 0.6 is 0 Å². The normalized spacial score (nSPS) is 11.3. The van der Waals surface area contributed by atoms with E-state index in [0.29, 0.717) is 22.6 Å². The fourth-order valence-electron chi connectivity index (χ4n) is 3.48. The van der Waals surface area contributed by atoms with E-state index < -0.39 is 0 Å². The molecule has 3 heterocycles. The molecule has 0 amide bonds. The molecule has 0 aliphatic carbocycles. The van der Waals surface area contributed by atoms with Gasteiger partial charge in [-0.2, -0.15) is 0 Å². The van der Waals surface area contributed by atoms with Gasteiger partial charge >= 0.3 is 0 Å². The minimum absolute atomic E-state index is 0.267. The third-order valence-corrected chi connectivity index (χ3v) is 4.67. The Morgan fingerprint density at radius 1 is 0.893 bits per heavy atom. The molecule has 0 spiro atoms. The quantitative estimate of drug-likeness (QED) is 0.459. The number of halogens is 1. The molecule has 5 aromatic rings. The molecule has 0 radical (unpaired) electrons. The molecule has 6 nitrogen and oxygen atoms in total. The topological polar surface area (TPSA) is 95.1 Å². The number of aromatic nitrogens is 4. The van der Waals surface area contributed by atoms with Crippen LogP contribution in [0.5, 0.6) is 0 Å². The van der Waals surface area contributed by atoms with Gasteiger partial charge in [0.05, 0.1) is 22.6 Å². The predicted octanol–water partition coefficient (Wildman–Crippen LogP) is 3.92. The van der Waals surface area contributed by atoms with E-state index in [1.807, 2.05) is 28.7 Å². The van der Waals surface area contributed by atoms with Gasteiger partial charge < -0.3 is 11.5 Å². The Kier molecular flexibility index (Phi) is 3.48. The monoisotopic (exact) mass is 370 g/mol. The van der Waals surface area contributed by atoms with Gasteiger partial charge in [-0.05, 0) is 30.3 Å². The molecule has 0 atom stereocenters. The lowest BCUT2D eigenvalue weighted by Crippen LogP contribution is -2.04. The average Bonchev–Trinajstić information content (AvgIpc) is 3.18. The molecule has 0 saturated heterocycles. The molecule has 136 valence electrons. The van der Waals surface area contributed by atoms with Crippen molar-refractivity contribution in [1.82, 2.24) is 19.4 Å². The molecular formula is C21H15FN6. The summed E-state index contributed by atoms with van der Waals surface area (Å²) in [6.45, 7) is 0. The predicted molar refractivity (Wildman–Crippen MR) is 108 cm³/mol. The molecule has 3 aromatic heterocycles. The summed E-state index contributed by atoms with van der Waals surface area (Å²) in [5.41, 5.74) is 16.9. The number of nitrogen functional groups attached to an aromatic ring is 2. The van der Waals surface area contributed by atoms with Crippen molar-refractivity contribution in [2.45, 2.75) is 0 Å². The molecule has 0 unspecified atom stereocenters. The zero-order valence-corrected chi connectivity index (χ0v) is 14.7. The van der Waals surface area contributed by atoms with Crippen LogP contribution in [0.1, 0.15) is 0 Å². The first-order valence-corrected chi connectivity index (χ1v) is 8.65. The summed E-state index contributed by atoms with van der Waals surface area (Å²) in [7, 11) is 0. The van der Waals surface area contributed by atoms with Gasteiger partial charge in [-0.15, -0.1) is 0 Å². The molecule has 0 saturated carbocycles. The second-order valence-electron chi connectivity index (χ2n) is 6.47. The molecule has 0 fully saturated rings. The van der Waals surface area contributed by atoms with Crippen LogP contribution in [0, 0.1) is 5.82 Å². The van der Waals surface area contributed by atoms with Crippen molar-refractivity contribution in [1.29, 1.82) is 0 Å². The number of pyridine rings is 1. The van der Waals surface area contributed by atoms with E-state index in [9.17, 15) is 4.39 Å². The third kappa shape index (κ3) is 2.44. The van der Waals surface area contributed by atoms with E-state index >= 15 is 0 Å². The minimum atomic E-state index is -0.350. The first-order chi connectivity index (χ1) is 13.6. The van der Waals surface area contributed by atoms with Gasteiger partial charge in [-0.1, -0.05) is 18.2 Å². The summed E-state index contributed by atoms with van der Waals surface area (Å²) in [5, 5.41) is 0.896. The van der Waals surface area contributed by atoms with Crippen LogP contribution in [0.25, 0.3) is 39.1 Å². The Morgan fingerprint density at radius 2 is 1.79 bits per heavy atom. The van der Waals surface area contributed by atoms with Gasteiger partial charge in [-0.3, -0.25) is 9.38 Å². The van der Waals surface area contributed by atoms with E-state index in [0.717, 1.165) is 22.2 Å². The lowest BCUT2D eigenvalue weighted by molar-refractivity contribution is 0.628. The van der Waals surface area contributed by atoms with Gasteiger partial charge in [0.25, 0.3) is 0 Å². The lowest BCUT2D eigenvalue weighted by Gasteiger charge is -2.15. The zero-order valence-electron chi connectivity index (χ0n) is 14.7. The number of anilines is 2. The SMILES string of the molecule is Nc1cc(-c2c(-c3cccc(F)c3)nc(N)c3nccn23)cc2cccnc12. The van der Waals surface area contributed by atoms with Crippen molar-refractivity contribution in [2.24, 2.45) is 0 Å². The third-order valence-electron chi connectivity index (χ3n) is 4.67. The number of nitrogens with two attached hydrogens (primary N) is 2. The highest BCUT2D eigenvalue weighted by Crippen LogP contribution is 2.36. The Labute approximate surface area is 159 Å². The first kappa shape index (κ1) is 16.2. The Balaban J connectivity index is 1.90. The highest BCUT2D eigenvalue weighted by Gasteiger charge is 2.18. The smallest absolute Gasteiger partial charge is 0.180 e. The second kappa shape index (κ2) is 6.02. The highest BCUT2D eigenvalue weighted by molar-refractivity contribution is 5.95. The molecule has 0 aliphatic heterocycles. The van der Waals surface area contributed by atoms with Gasteiger partial charge in [0.1, 0.15) is 5.82 Å². The lowest BCUT2D eigenvalue weighted by atomic mass is 10.0. The van der Waals surface area contributed by atoms with Gasteiger partial charge in [0.2, 0.25) is 0 Å². The van der Waals surface area contributed by atoms with E-state index in [4.69, 9.17) is 11.5 Å². The first-order valence-electron chi connectivity index (χ1n) is 8.65. The van der Waals surface area contributed by atoms with E-state index in [-0.39, 0.29) is 11.6 Å². The summed E-state index contributed by atoms with van der Waals surface area (Å²) >= 11 is 0. The van der Waals surface area contributed by atoms with Crippen molar-refractivity contribution in [3.8, 4) is 22.5 Å². The largest absolute Gasteiger partial charge is 0.397 e. The summed E-state index contributed by atoms with van der Waals surface area (Å²) in [6, 6.07) is 13.9. The molecular weight excluding hydrogens is 355 g/mol. The highest BCUT2D eigenvalue weighted by atomic mass is 19.1. The summed E-state index contributed by atoms with van der Waals surface area (Å²) < 4.78 is 15.8. The maximum absolute atomic E-state index is 13.9. The molecule has 7 heteroatoms. The molecule has 28 heavy (non-hydrogen) atoms. The molecule has 4 N–H and O–H groups in total. The fraction of sp³-hybridized carbons (Fsp3) is 0. The van der Waals surface area contributed by atoms with Crippen LogP contribution in [0.4, 0.5) is 15.9 Å². The molecule has 2 aromatic carbocycles. The number of benzene rings is 2. The number of rotatable bonds is 2. The van der Waals surface area contributed by atoms with Crippen molar-refractivity contribution in [3.63, 3.8) is 0 Å². The van der Waals surface area contributed by atoms with Crippen LogP contribution in [-0.4, -0.2) is 19.4 Å². The van der Waals surface area contributed by atoms with Crippen molar-refractivity contribution >= 4 is 28.1 Å². The van der Waals surface area contributed by atoms with Crippen LogP contribution in [0.3, 0.4) is 0 Å². The van der Waals surface area contributed by atoms with E-state index in [2.05, 4.69) is 15.0 Å². The summed E-state index contributed by atoms with van der Waals surface area (Å²) in [4.78, 5) is 13.2. The fourth-order valence-corrected chi connectivity index (χ4v) is 3.48. The van der Waals surface area contributed by atoms with Crippen molar-refractivity contribution < 1.29 is 4.39 Å². The van der Waals surface area contributed by atoms with Gasteiger partial charge in [-0.25, -0.2) is 14.4 Å².